The van der Waals surface area contributed by atoms with Crippen LogP contribution in [0.1, 0.15) is 0 Å². The van der Waals surface area contributed by atoms with Crippen molar-refractivity contribution >= 4 is 6.16 Å². The van der Waals surface area contributed by atoms with Gasteiger partial charge in [-0.2, -0.15) is 0 Å². The van der Waals surface area contributed by atoms with E-state index in [4.69, 9.17) is 15.0 Å². The van der Waals surface area contributed by atoms with Gasteiger partial charge in [0, 0.05) is 0 Å². The third-order valence-corrected chi connectivity index (χ3v) is 0. The van der Waals surface area contributed by atoms with Gasteiger partial charge < -0.3 is 27.4 Å². The molecule has 6 heavy (non-hydrogen) atoms. The fourth-order valence-electron chi connectivity index (χ4n) is 0. The second-order valence-electron chi connectivity index (χ2n) is 0.266. The molecule has 5 heteroatoms. The normalized spacial score (nSPS) is 4.00. The molecule has 0 fully saturated rings. The maximum atomic E-state index is 8.44. The average molecular weight is 160 g/mol. The predicted octanol–water partition coefficient (Wildman–Crippen LogP) is -4.11. The van der Waals surface area contributed by atoms with Crippen molar-refractivity contribution in [1.29, 1.82) is 0 Å². The van der Waals surface area contributed by atoms with Crippen LogP contribution in [0.4, 0.5) is 4.79 Å². The summed E-state index contributed by atoms with van der Waals surface area (Å²) in [4.78, 5) is 8.44. The Hall–Kier alpha value is 0.0795. The molecule has 0 atom stereocenters. The van der Waals surface area contributed by atoms with Crippen molar-refractivity contribution in [3.05, 3.63) is 0 Å². The quantitative estimate of drug-likeness (QED) is 0.366. The van der Waals surface area contributed by atoms with E-state index < -0.39 is 6.16 Å². The molecule has 0 saturated heterocycles. The molecule has 0 aromatic heterocycles. The van der Waals surface area contributed by atoms with Crippen molar-refractivity contribution in [2.24, 2.45) is 0 Å². The molecular formula is CHClCuO3. The number of hydrogen-bond acceptors (Lipinski definition) is 2. The summed E-state index contributed by atoms with van der Waals surface area (Å²) >= 11 is 0. The average Bonchev–Trinajstić information content (AvgIpc) is 0.811. The fourth-order valence-corrected chi connectivity index (χ4v) is 0. The molecule has 1 N–H and O–H groups in total. The van der Waals surface area contributed by atoms with Crippen LogP contribution in [0.3, 0.4) is 0 Å². The van der Waals surface area contributed by atoms with Gasteiger partial charge in [0.2, 0.25) is 6.16 Å². The first-order valence-corrected chi connectivity index (χ1v) is 0.632. The summed E-state index contributed by atoms with van der Waals surface area (Å²) in [7, 11) is 0. The van der Waals surface area contributed by atoms with E-state index in [1.54, 1.807) is 0 Å². The summed E-state index contributed by atoms with van der Waals surface area (Å²) < 4.78 is 0. The summed E-state index contributed by atoms with van der Waals surface area (Å²) in [5.74, 6) is 0. The molecular weight excluding hydrogens is 159 g/mol. The SMILES string of the molecule is O=C([O-])O.[Cl-].[Cu+2]. The van der Waals surface area contributed by atoms with Gasteiger partial charge in [-0.1, -0.05) is 0 Å². The summed E-state index contributed by atoms with van der Waals surface area (Å²) in [6, 6.07) is 0. The first-order chi connectivity index (χ1) is 1.73. The van der Waals surface area contributed by atoms with E-state index in [0.29, 0.717) is 0 Å². The van der Waals surface area contributed by atoms with Gasteiger partial charge in [-0.15, -0.1) is 0 Å². The van der Waals surface area contributed by atoms with Crippen LogP contribution in [0.2, 0.25) is 0 Å². The van der Waals surface area contributed by atoms with Crippen LogP contribution in [0.25, 0.3) is 0 Å². The summed E-state index contributed by atoms with van der Waals surface area (Å²) in [6.07, 6.45) is -2.08. The number of carbonyl (C=O) groups is 1. The molecule has 0 aliphatic heterocycles. The summed E-state index contributed by atoms with van der Waals surface area (Å²) in [5, 5.41) is 15.3. The van der Waals surface area contributed by atoms with Crippen molar-refractivity contribution in [2.45, 2.75) is 0 Å². The summed E-state index contributed by atoms with van der Waals surface area (Å²) in [5.41, 5.74) is 0. The minimum absolute atomic E-state index is 0. The third kappa shape index (κ3) is 6120. The van der Waals surface area contributed by atoms with Gasteiger partial charge in [0.15, 0.2) is 0 Å². The molecule has 0 spiro atoms. The second-order valence-corrected chi connectivity index (χ2v) is 0.266. The maximum absolute atomic E-state index is 8.44. The van der Waals surface area contributed by atoms with Crippen molar-refractivity contribution in [3.8, 4) is 0 Å². The molecule has 0 bridgehead atoms. The molecule has 41 valence electrons. The second kappa shape index (κ2) is 8.91. The van der Waals surface area contributed by atoms with Crippen molar-refractivity contribution in [1.82, 2.24) is 0 Å². The first-order valence-electron chi connectivity index (χ1n) is 0.632. The predicted molar refractivity (Wildman–Crippen MR) is 8.02 cm³/mol. The van der Waals surface area contributed by atoms with Gasteiger partial charge in [-0.25, -0.2) is 0 Å². The van der Waals surface area contributed by atoms with Crippen molar-refractivity contribution in [3.63, 3.8) is 0 Å². The van der Waals surface area contributed by atoms with Crippen LogP contribution in [0, 0.1) is 0 Å². The molecule has 0 unspecified atom stereocenters. The van der Waals surface area contributed by atoms with Crippen LogP contribution in [0.15, 0.2) is 0 Å². The Morgan fingerprint density at radius 1 is 1.67 bits per heavy atom. The van der Waals surface area contributed by atoms with Gasteiger partial charge in [-0.3, -0.25) is 0 Å². The Kier molecular flexibility index (Phi) is 24.6. The van der Waals surface area contributed by atoms with Crippen LogP contribution < -0.4 is 17.5 Å². The van der Waals surface area contributed by atoms with Gasteiger partial charge in [0.1, 0.15) is 0 Å². The molecule has 0 aromatic carbocycles. The van der Waals surface area contributed by atoms with Gasteiger partial charge in [0.25, 0.3) is 0 Å². The van der Waals surface area contributed by atoms with Crippen LogP contribution >= 0.6 is 0 Å². The molecule has 0 rings (SSSR count). The zero-order valence-corrected chi connectivity index (χ0v) is 4.14. The number of rotatable bonds is 0. The molecule has 0 heterocycles. The molecule has 0 amide bonds. The number of halogens is 1. The molecule has 0 aliphatic carbocycles. The minimum atomic E-state index is -2.08. The van der Waals surface area contributed by atoms with Gasteiger partial charge in [-0.05, 0) is 0 Å². The third-order valence-electron chi connectivity index (χ3n) is 0. The van der Waals surface area contributed by atoms with E-state index in [1.165, 1.54) is 0 Å². The van der Waals surface area contributed by atoms with E-state index in [-0.39, 0.29) is 29.5 Å². The molecule has 1 radical (unpaired) electrons. The Labute approximate surface area is 51.2 Å². The largest absolute Gasteiger partial charge is 2.00 e. The van der Waals surface area contributed by atoms with E-state index in [1.807, 2.05) is 0 Å². The Morgan fingerprint density at radius 2 is 1.67 bits per heavy atom. The topological polar surface area (TPSA) is 60.4 Å². The van der Waals surface area contributed by atoms with E-state index in [0.717, 1.165) is 0 Å². The summed E-state index contributed by atoms with van der Waals surface area (Å²) in [6.45, 7) is 0. The van der Waals surface area contributed by atoms with Crippen LogP contribution in [0.5, 0.6) is 0 Å². The zero-order chi connectivity index (χ0) is 3.58. The zero-order valence-electron chi connectivity index (χ0n) is 2.44. The monoisotopic (exact) mass is 159 g/mol. The molecule has 3 nitrogen and oxygen atoms in total. The van der Waals surface area contributed by atoms with E-state index >= 15 is 0 Å². The van der Waals surface area contributed by atoms with Crippen LogP contribution in [-0.4, -0.2) is 11.3 Å². The van der Waals surface area contributed by atoms with E-state index in [2.05, 4.69) is 0 Å². The number of hydrogen-bond donors (Lipinski definition) is 1. The first kappa shape index (κ1) is 16.5. The van der Waals surface area contributed by atoms with E-state index in [9.17, 15) is 0 Å². The smallest absolute Gasteiger partial charge is 1.00 e. The Morgan fingerprint density at radius 3 is 1.67 bits per heavy atom. The molecule has 0 aromatic rings. The van der Waals surface area contributed by atoms with Gasteiger partial charge in [0.05, 0.1) is 0 Å². The fraction of sp³-hybridized carbons (Fsp3) is 0. The Bertz CT molecular complexity index is 33.8. The van der Waals surface area contributed by atoms with Crippen LogP contribution in [-0.2, 0) is 17.1 Å². The maximum Gasteiger partial charge on any atom is 2.00 e. The minimum Gasteiger partial charge on any atom is -1.00 e. The van der Waals surface area contributed by atoms with Crippen molar-refractivity contribution < 1.29 is 44.5 Å². The molecule has 0 aliphatic rings. The standard InChI is InChI=1S/CH2O3.ClH.Cu/c2-1(3)4;;/h(H2,2,3,4);1H;/q;;+2/p-2. The van der Waals surface area contributed by atoms with Gasteiger partial charge >= 0.3 is 17.1 Å². The molecule has 0 saturated carbocycles. The Balaban J connectivity index is -0.0000000450. The van der Waals surface area contributed by atoms with Crippen molar-refractivity contribution in [2.75, 3.05) is 0 Å². The number of carboxylic acid groups (broad SMARTS) is 2.